The molecule has 5 heteroatoms. The fourth-order valence-corrected chi connectivity index (χ4v) is 1.25. The van der Waals surface area contributed by atoms with Crippen molar-refractivity contribution in [3.05, 3.63) is 76.6 Å². The second kappa shape index (κ2) is 8.69. The Morgan fingerprint density at radius 1 is 1.06 bits per heavy atom. The van der Waals surface area contributed by atoms with Crippen LogP contribution in [-0.4, -0.2) is 16.6 Å². The zero-order valence-corrected chi connectivity index (χ0v) is 9.90. The third-order valence-corrected chi connectivity index (χ3v) is 2.06. The van der Waals surface area contributed by atoms with Crippen molar-refractivity contribution in [1.29, 1.82) is 0 Å². The fraction of sp³-hybridized carbons (Fsp3) is 0.154. The van der Waals surface area contributed by atoms with E-state index in [2.05, 4.69) is 10.4 Å². The van der Waals surface area contributed by atoms with Gasteiger partial charge in [0.05, 0.1) is 6.54 Å². The molecule has 0 atom stereocenters. The van der Waals surface area contributed by atoms with E-state index in [1.165, 1.54) is 0 Å². The summed E-state index contributed by atoms with van der Waals surface area (Å²) >= 11 is 0. The first kappa shape index (κ1) is 13.6. The monoisotopic (exact) mass is 245 g/mol. The van der Waals surface area contributed by atoms with Crippen LogP contribution in [-0.2, 0) is 6.42 Å². The van der Waals surface area contributed by atoms with Crippen molar-refractivity contribution in [3.8, 4) is 0 Å². The van der Waals surface area contributed by atoms with Crippen LogP contribution >= 0.6 is 0 Å². The van der Waals surface area contributed by atoms with Gasteiger partial charge in [-0.1, -0.05) is 36.4 Å². The number of pyridine rings is 1. The van der Waals surface area contributed by atoms with Gasteiger partial charge < -0.3 is 0 Å². The van der Waals surface area contributed by atoms with Gasteiger partial charge in [-0.05, 0) is 24.1 Å². The molecule has 0 bridgehead atoms. The number of aromatic nitrogens is 1. The topological polar surface area (TPSA) is 68.1 Å². The van der Waals surface area contributed by atoms with Crippen LogP contribution in [0.3, 0.4) is 0 Å². The molecule has 1 heterocycles. The summed E-state index contributed by atoms with van der Waals surface area (Å²) in [7, 11) is 0. The third kappa shape index (κ3) is 6.95. The van der Waals surface area contributed by atoms with Gasteiger partial charge in [-0.15, -0.1) is 5.43 Å². The van der Waals surface area contributed by atoms with E-state index >= 15 is 0 Å². The average Bonchev–Trinajstić information content (AvgIpc) is 2.42. The normalized spacial score (nSPS) is 8.89. The van der Waals surface area contributed by atoms with Gasteiger partial charge >= 0.3 is 0 Å². The van der Waals surface area contributed by atoms with Gasteiger partial charge in [0, 0.05) is 12.4 Å². The predicted octanol–water partition coefficient (Wildman–Crippen LogP) is 2.09. The minimum Gasteiger partial charge on any atom is -0.265 e. The molecule has 1 aromatic carbocycles. The Bertz CT molecular complexity index is 408. The van der Waals surface area contributed by atoms with Crippen molar-refractivity contribution in [2.45, 2.75) is 6.42 Å². The van der Waals surface area contributed by atoms with E-state index in [1.54, 1.807) is 12.4 Å². The summed E-state index contributed by atoms with van der Waals surface area (Å²) in [5.41, 5.74) is 3.22. The number of nitro groups is 1. The maximum atomic E-state index is 9.88. The lowest BCUT2D eigenvalue weighted by Crippen LogP contribution is -2.23. The fourth-order valence-electron chi connectivity index (χ4n) is 1.25. The minimum absolute atomic E-state index is 0.372. The first-order chi connectivity index (χ1) is 8.79. The highest BCUT2D eigenvalue weighted by Crippen LogP contribution is 1.97. The lowest BCUT2D eigenvalue weighted by atomic mass is 10.2. The molecule has 0 fully saturated rings. The predicted molar refractivity (Wildman–Crippen MR) is 69.4 cm³/mol. The molecule has 0 saturated carbocycles. The lowest BCUT2D eigenvalue weighted by molar-refractivity contribution is -0.543. The third-order valence-electron chi connectivity index (χ3n) is 2.06. The number of hydrazine groups is 1. The molecule has 0 radical (unpaired) electrons. The summed E-state index contributed by atoms with van der Waals surface area (Å²) in [5.74, 6) is 0. The molecule has 0 amide bonds. The smallest absolute Gasteiger partial charge is 0.157 e. The zero-order valence-electron chi connectivity index (χ0n) is 9.90. The molecule has 18 heavy (non-hydrogen) atoms. The van der Waals surface area contributed by atoms with Crippen LogP contribution in [0.15, 0.2) is 60.9 Å². The van der Waals surface area contributed by atoms with Crippen molar-refractivity contribution in [2.75, 3.05) is 6.54 Å². The summed E-state index contributed by atoms with van der Waals surface area (Å²) in [5, 5.41) is 9.36. The van der Waals surface area contributed by atoms with Crippen molar-refractivity contribution < 1.29 is 5.03 Å². The molecule has 0 unspecified atom stereocenters. The SMILES string of the molecule is O=[N+]([O-])NCCc1ccccc1.c1ccncc1. The maximum absolute atomic E-state index is 9.88. The van der Waals surface area contributed by atoms with E-state index in [0.717, 1.165) is 5.56 Å². The van der Waals surface area contributed by atoms with Gasteiger partial charge in [-0.3, -0.25) is 4.98 Å². The van der Waals surface area contributed by atoms with E-state index in [4.69, 9.17) is 0 Å². The van der Waals surface area contributed by atoms with Gasteiger partial charge in [0.2, 0.25) is 0 Å². The summed E-state index contributed by atoms with van der Waals surface area (Å²) in [6, 6.07) is 15.4. The quantitative estimate of drug-likeness (QED) is 0.661. The van der Waals surface area contributed by atoms with Crippen LogP contribution in [0.4, 0.5) is 0 Å². The number of hydrogen-bond donors (Lipinski definition) is 1. The standard InChI is InChI=1S/C8H10N2O2.C5H5N/c11-10(12)9-7-6-8-4-2-1-3-5-8;1-2-4-6-5-3-1/h1-5,9H,6-7H2;1-5H. The van der Waals surface area contributed by atoms with Gasteiger partial charge in [-0.25, -0.2) is 10.1 Å². The van der Waals surface area contributed by atoms with E-state index in [1.807, 2.05) is 48.5 Å². The molecule has 2 aromatic rings. The highest BCUT2D eigenvalue weighted by Gasteiger charge is 1.94. The molecule has 5 nitrogen and oxygen atoms in total. The van der Waals surface area contributed by atoms with Gasteiger partial charge in [0.15, 0.2) is 5.03 Å². The Kier molecular flexibility index (Phi) is 6.58. The molecule has 0 aliphatic carbocycles. The van der Waals surface area contributed by atoms with Crippen LogP contribution in [0.25, 0.3) is 0 Å². The molecule has 0 aliphatic heterocycles. The first-order valence-corrected chi connectivity index (χ1v) is 5.56. The Balaban J connectivity index is 0.000000225. The molecule has 1 aromatic heterocycles. The molecule has 0 spiro atoms. The number of nitrogens with zero attached hydrogens (tertiary/aromatic N) is 2. The van der Waals surface area contributed by atoms with Gasteiger partial charge in [-0.2, -0.15) is 0 Å². The van der Waals surface area contributed by atoms with Gasteiger partial charge in [0.25, 0.3) is 0 Å². The molecular formula is C13H15N3O2. The lowest BCUT2D eigenvalue weighted by Gasteiger charge is -1.97. The first-order valence-electron chi connectivity index (χ1n) is 5.56. The van der Waals surface area contributed by atoms with Crippen LogP contribution in [0.5, 0.6) is 0 Å². The van der Waals surface area contributed by atoms with E-state index in [0.29, 0.717) is 13.0 Å². The Labute approximate surface area is 106 Å². The molecule has 2 rings (SSSR count). The largest absolute Gasteiger partial charge is 0.265 e. The maximum Gasteiger partial charge on any atom is 0.157 e. The van der Waals surface area contributed by atoms with E-state index < -0.39 is 5.03 Å². The van der Waals surface area contributed by atoms with Crippen molar-refractivity contribution >= 4 is 0 Å². The van der Waals surface area contributed by atoms with Crippen LogP contribution in [0.2, 0.25) is 0 Å². The Morgan fingerprint density at radius 3 is 2.11 bits per heavy atom. The number of benzene rings is 1. The summed E-state index contributed by atoms with van der Waals surface area (Å²) < 4.78 is 0. The van der Waals surface area contributed by atoms with Gasteiger partial charge in [0.1, 0.15) is 0 Å². The van der Waals surface area contributed by atoms with E-state index in [-0.39, 0.29) is 0 Å². The number of nitrogens with one attached hydrogen (secondary N) is 1. The number of hydrogen-bond acceptors (Lipinski definition) is 3. The second-order valence-electron chi connectivity index (χ2n) is 3.43. The number of rotatable bonds is 4. The molecular weight excluding hydrogens is 230 g/mol. The van der Waals surface area contributed by atoms with Crippen molar-refractivity contribution in [2.24, 2.45) is 0 Å². The highest BCUT2D eigenvalue weighted by atomic mass is 16.7. The summed E-state index contributed by atoms with van der Waals surface area (Å²) in [6.07, 6.45) is 4.18. The summed E-state index contributed by atoms with van der Waals surface area (Å²) in [6.45, 7) is 0.372. The molecule has 0 saturated heterocycles. The summed E-state index contributed by atoms with van der Waals surface area (Å²) in [4.78, 5) is 13.7. The molecule has 94 valence electrons. The van der Waals surface area contributed by atoms with Crippen LogP contribution in [0.1, 0.15) is 5.56 Å². The van der Waals surface area contributed by atoms with E-state index in [9.17, 15) is 10.1 Å². The van der Waals surface area contributed by atoms with Crippen LogP contribution < -0.4 is 5.43 Å². The van der Waals surface area contributed by atoms with Crippen LogP contribution in [0, 0.1) is 10.1 Å². The second-order valence-corrected chi connectivity index (χ2v) is 3.43. The Hall–Kier alpha value is -2.43. The average molecular weight is 245 g/mol. The zero-order chi connectivity index (χ0) is 13.1. The molecule has 1 N–H and O–H groups in total. The molecule has 0 aliphatic rings. The highest BCUT2D eigenvalue weighted by molar-refractivity contribution is 5.14. The Morgan fingerprint density at radius 2 is 1.67 bits per heavy atom. The van der Waals surface area contributed by atoms with Crippen molar-refractivity contribution in [3.63, 3.8) is 0 Å². The minimum atomic E-state index is -0.525. The van der Waals surface area contributed by atoms with Crippen molar-refractivity contribution in [1.82, 2.24) is 10.4 Å².